The molecular weight excluding hydrogens is 332 g/mol. The van der Waals surface area contributed by atoms with Gasteiger partial charge in [0.25, 0.3) is 0 Å². The zero-order valence-electron chi connectivity index (χ0n) is 14.9. The molecule has 3 aromatic carbocycles. The Morgan fingerprint density at radius 1 is 0.778 bits per heavy atom. The Morgan fingerprint density at radius 2 is 1.59 bits per heavy atom. The number of hydrogen-bond donors (Lipinski definition) is 0. The van der Waals surface area contributed by atoms with Gasteiger partial charge in [0.1, 0.15) is 6.33 Å². The standard InChI is InChI=1S/C23H18N4/c1-17-7-10-20(11-8-17)27-22(13-14-25-27)18-9-12-21-23(15-18)26(16-24-21)19-5-3-2-4-6-19/h2-16H,1H3. The van der Waals surface area contributed by atoms with Crippen molar-refractivity contribution in [2.45, 2.75) is 6.92 Å². The number of benzene rings is 3. The van der Waals surface area contributed by atoms with E-state index in [2.05, 4.69) is 76.2 Å². The molecule has 4 heteroatoms. The summed E-state index contributed by atoms with van der Waals surface area (Å²) in [6.07, 6.45) is 3.72. The van der Waals surface area contributed by atoms with E-state index in [1.807, 2.05) is 41.5 Å². The van der Waals surface area contributed by atoms with Gasteiger partial charge in [-0.3, -0.25) is 4.57 Å². The summed E-state index contributed by atoms with van der Waals surface area (Å²) < 4.78 is 4.09. The van der Waals surface area contributed by atoms with Gasteiger partial charge in [-0.05, 0) is 49.4 Å². The van der Waals surface area contributed by atoms with E-state index in [1.54, 1.807) is 0 Å². The van der Waals surface area contributed by atoms with Crippen LogP contribution in [0.2, 0.25) is 0 Å². The molecule has 4 nitrogen and oxygen atoms in total. The SMILES string of the molecule is Cc1ccc(-n2nccc2-c2ccc3ncn(-c4ccccc4)c3c2)cc1. The van der Waals surface area contributed by atoms with Crippen molar-refractivity contribution in [3.63, 3.8) is 0 Å². The molecule has 5 rings (SSSR count). The van der Waals surface area contributed by atoms with E-state index < -0.39 is 0 Å². The molecule has 0 amide bonds. The van der Waals surface area contributed by atoms with E-state index in [4.69, 9.17) is 0 Å². The normalized spacial score (nSPS) is 11.1. The first-order chi connectivity index (χ1) is 13.3. The summed E-state index contributed by atoms with van der Waals surface area (Å²) in [4.78, 5) is 4.55. The monoisotopic (exact) mass is 350 g/mol. The Labute approximate surface area is 157 Å². The highest BCUT2D eigenvalue weighted by Crippen LogP contribution is 2.27. The number of imidazole rings is 1. The van der Waals surface area contributed by atoms with Crippen molar-refractivity contribution in [3.8, 4) is 22.6 Å². The van der Waals surface area contributed by atoms with Crippen LogP contribution in [0.15, 0.2) is 91.4 Å². The highest BCUT2D eigenvalue weighted by Gasteiger charge is 2.11. The second kappa shape index (κ2) is 6.25. The van der Waals surface area contributed by atoms with Gasteiger partial charge < -0.3 is 0 Å². The molecule has 0 bridgehead atoms. The summed E-state index contributed by atoms with van der Waals surface area (Å²) in [5.41, 5.74) is 7.61. The fraction of sp³-hybridized carbons (Fsp3) is 0.0435. The van der Waals surface area contributed by atoms with Crippen LogP contribution in [0.5, 0.6) is 0 Å². The first-order valence-electron chi connectivity index (χ1n) is 8.93. The van der Waals surface area contributed by atoms with Crippen molar-refractivity contribution in [2.24, 2.45) is 0 Å². The smallest absolute Gasteiger partial charge is 0.100 e. The molecule has 27 heavy (non-hydrogen) atoms. The van der Waals surface area contributed by atoms with E-state index in [9.17, 15) is 0 Å². The average Bonchev–Trinajstić information content (AvgIpc) is 3.36. The van der Waals surface area contributed by atoms with Crippen LogP contribution in [-0.4, -0.2) is 19.3 Å². The van der Waals surface area contributed by atoms with Crippen molar-refractivity contribution >= 4 is 11.0 Å². The predicted molar refractivity (Wildman–Crippen MR) is 108 cm³/mol. The third kappa shape index (κ3) is 2.72. The number of nitrogens with zero attached hydrogens (tertiary/aromatic N) is 4. The van der Waals surface area contributed by atoms with Crippen LogP contribution in [0.3, 0.4) is 0 Å². The molecule has 0 aliphatic heterocycles. The highest BCUT2D eigenvalue weighted by molar-refractivity contribution is 5.83. The van der Waals surface area contributed by atoms with Crippen LogP contribution in [0.25, 0.3) is 33.7 Å². The second-order valence-electron chi connectivity index (χ2n) is 6.62. The number of hydrogen-bond acceptors (Lipinski definition) is 2. The zero-order valence-corrected chi connectivity index (χ0v) is 14.9. The molecule has 0 saturated carbocycles. The average molecular weight is 350 g/mol. The van der Waals surface area contributed by atoms with E-state index in [-0.39, 0.29) is 0 Å². The minimum atomic E-state index is 0.976. The molecule has 0 radical (unpaired) electrons. The van der Waals surface area contributed by atoms with Crippen molar-refractivity contribution in [2.75, 3.05) is 0 Å². The summed E-state index contributed by atoms with van der Waals surface area (Å²) in [7, 11) is 0. The molecule has 5 aromatic rings. The largest absolute Gasteiger partial charge is 0.299 e. The molecule has 2 heterocycles. The summed E-state index contributed by atoms with van der Waals surface area (Å²) in [6, 6.07) is 27.1. The van der Waals surface area contributed by atoms with Crippen LogP contribution in [0.4, 0.5) is 0 Å². The molecule has 0 unspecified atom stereocenters. The Morgan fingerprint density at radius 3 is 2.41 bits per heavy atom. The molecule has 2 aromatic heterocycles. The number of fused-ring (bicyclic) bond motifs is 1. The van der Waals surface area contributed by atoms with Gasteiger partial charge in [-0.25, -0.2) is 9.67 Å². The quantitative estimate of drug-likeness (QED) is 0.449. The lowest BCUT2D eigenvalue weighted by atomic mass is 10.1. The van der Waals surface area contributed by atoms with E-state index in [1.165, 1.54) is 5.56 Å². The second-order valence-corrected chi connectivity index (χ2v) is 6.62. The maximum absolute atomic E-state index is 4.55. The molecule has 130 valence electrons. The Kier molecular flexibility index (Phi) is 3.61. The molecule has 0 aliphatic rings. The molecule has 0 saturated heterocycles. The van der Waals surface area contributed by atoms with Crippen LogP contribution in [-0.2, 0) is 0 Å². The van der Waals surface area contributed by atoms with Gasteiger partial charge in [0.15, 0.2) is 0 Å². The van der Waals surface area contributed by atoms with Crippen molar-refractivity contribution in [3.05, 3.63) is 97.0 Å². The zero-order chi connectivity index (χ0) is 18.2. The van der Waals surface area contributed by atoms with Gasteiger partial charge in [-0.15, -0.1) is 0 Å². The molecular formula is C23H18N4. The van der Waals surface area contributed by atoms with Crippen LogP contribution in [0.1, 0.15) is 5.56 Å². The third-order valence-electron chi connectivity index (χ3n) is 4.80. The summed E-state index contributed by atoms with van der Waals surface area (Å²) in [5.74, 6) is 0. The van der Waals surface area contributed by atoms with E-state index in [0.717, 1.165) is 33.7 Å². The first kappa shape index (κ1) is 15.6. The minimum absolute atomic E-state index is 0.976. The number of rotatable bonds is 3. The third-order valence-corrected chi connectivity index (χ3v) is 4.80. The maximum atomic E-state index is 4.55. The molecule has 0 aliphatic carbocycles. The summed E-state index contributed by atoms with van der Waals surface area (Å²) in [5, 5.41) is 4.54. The van der Waals surface area contributed by atoms with Gasteiger partial charge >= 0.3 is 0 Å². The molecule has 0 N–H and O–H groups in total. The summed E-state index contributed by atoms with van der Waals surface area (Å²) >= 11 is 0. The number of aromatic nitrogens is 4. The van der Waals surface area contributed by atoms with Crippen molar-refractivity contribution in [1.29, 1.82) is 0 Å². The fourth-order valence-corrected chi connectivity index (χ4v) is 3.38. The van der Waals surface area contributed by atoms with Gasteiger partial charge in [0.05, 0.1) is 28.6 Å². The van der Waals surface area contributed by atoms with E-state index in [0.29, 0.717) is 0 Å². The van der Waals surface area contributed by atoms with Gasteiger partial charge in [-0.2, -0.15) is 5.10 Å². The van der Waals surface area contributed by atoms with Crippen molar-refractivity contribution < 1.29 is 0 Å². The van der Waals surface area contributed by atoms with Gasteiger partial charge in [0.2, 0.25) is 0 Å². The first-order valence-corrected chi connectivity index (χ1v) is 8.93. The number of aryl methyl sites for hydroxylation is 1. The Balaban J connectivity index is 1.65. The summed E-state index contributed by atoms with van der Waals surface area (Å²) in [6.45, 7) is 2.09. The maximum Gasteiger partial charge on any atom is 0.100 e. The highest BCUT2D eigenvalue weighted by atomic mass is 15.3. The molecule has 0 atom stereocenters. The topological polar surface area (TPSA) is 35.6 Å². The van der Waals surface area contributed by atoms with Crippen LogP contribution in [0, 0.1) is 6.92 Å². The fourth-order valence-electron chi connectivity index (χ4n) is 3.38. The Bertz CT molecular complexity index is 1210. The van der Waals surface area contributed by atoms with E-state index >= 15 is 0 Å². The lowest BCUT2D eigenvalue weighted by molar-refractivity contribution is 0.887. The van der Waals surface area contributed by atoms with Gasteiger partial charge in [-0.1, -0.05) is 42.0 Å². The van der Waals surface area contributed by atoms with Crippen molar-refractivity contribution in [1.82, 2.24) is 19.3 Å². The Hall–Kier alpha value is -3.66. The van der Waals surface area contributed by atoms with Crippen LogP contribution >= 0.6 is 0 Å². The molecule has 0 spiro atoms. The minimum Gasteiger partial charge on any atom is -0.299 e. The number of para-hydroxylation sites is 1. The lowest BCUT2D eigenvalue weighted by Gasteiger charge is -2.09. The predicted octanol–water partition coefficient (Wildman–Crippen LogP) is 5.19. The lowest BCUT2D eigenvalue weighted by Crippen LogP contribution is -1.99. The van der Waals surface area contributed by atoms with Gasteiger partial charge in [0, 0.05) is 11.3 Å². The van der Waals surface area contributed by atoms with Crippen LogP contribution < -0.4 is 0 Å². The molecule has 0 fully saturated rings.